The Balaban J connectivity index is 3.08. The van der Waals surface area contributed by atoms with Gasteiger partial charge in [-0.1, -0.05) is 31.9 Å². The molecule has 0 heterocycles. The van der Waals surface area contributed by atoms with E-state index >= 15 is 0 Å². The van der Waals surface area contributed by atoms with Gasteiger partial charge in [0.2, 0.25) is 0 Å². The molecular formula is C7H5Br2FO2S. The molecule has 0 N–H and O–H groups in total. The van der Waals surface area contributed by atoms with Gasteiger partial charge in [0.05, 0.1) is 0 Å². The molecule has 13 heavy (non-hydrogen) atoms. The van der Waals surface area contributed by atoms with Gasteiger partial charge in [0.1, 0.15) is 5.75 Å². The van der Waals surface area contributed by atoms with E-state index in [9.17, 15) is 12.3 Å². The maximum Gasteiger partial charge on any atom is 0.306 e. The van der Waals surface area contributed by atoms with Crippen molar-refractivity contribution in [2.45, 2.75) is 5.75 Å². The molecule has 1 aromatic rings. The van der Waals surface area contributed by atoms with Crippen LogP contribution in [0.1, 0.15) is 5.56 Å². The Labute approximate surface area is 92.6 Å². The third kappa shape index (κ3) is 3.74. The van der Waals surface area contributed by atoms with Crippen molar-refractivity contribution >= 4 is 42.1 Å². The maximum atomic E-state index is 12.3. The molecule has 2 nitrogen and oxygen atoms in total. The summed E-state index contributed by atoms with van der Waals surface area (Å²) in [5.74, 6) is -0.604. The normalized spacial score (nSPS) is 11.6. The zero-order valence-electron chi connectivity index (χ0n) is 6.30. The first-order chi connectivity index (χ1) is 5.88. The standard InChI is InChI=1S/C7H5Br2FO2S/c8-6-1-2-7(9)5(3-6)4-13(10,11)12/h1-3H,4H2. The third-order valence-electron chi connectivity index (χ3n) is 1.34. The monoisotopic (exact) mass is 330 g/mol. The zero-order valence-corrected chi connectivity index (χ0v) is 10.3. The van der Waals surface area contributed by atoms with Gasteiger partial charge in [-0.3, -0.25) is 0 Å². The van der Waals surface area contributed by atoms with Crippen LogP contribution in [0, 0.1) is 0 Å². The van der Waals surface area contributed by atoms with Gasteiger partial charge in [-0.25, -0.2) is 0 Å². The summed E-state index contributed by atoms with van der Waals surface area (Å²) in [5, 5.41) is 0. The van der Waals surface area contributed by atoms with Crippen LogP contribution < -0.4 is 0 Å². The lowest BCUT2D eigenvalue weighted by Gasteiger charge is -2.01. The molecule has 0 radical (unpaired) electrons. The average molecular weight is 332 g/mol. The Kier molecular flexibility index (Phi) is 3.48. The summed E-state index contributed by atoms with van der Waals surface area (Å²) in [6.45, 7) is 0. The molecule has 1 aromatic carbocycles. The van der Waals surface area contributed by atoms with E-state index in [0.717, 1.165) is 0 Å². The van der Waals surface area contributed by atoms with E-state index in [0.29, 0.717) is 14.5 Å². The topological polar surface area (TPSA) is 34.1 Å². The fourth-order valence-corrected chi connectivity index (χ4v) is 2.43. The molecular weight excluding hydrogens is 327 g/mol. The number of hydrogen-bond acceptors (Lipinski definition) is 2. The molecule has 0 aliphatic carbocycles. The summed E-state index contributed by atoms with van der Waals surface area (Å²) in [5.41, 5.74) is 0.400. The molecule has 72 valence electrons. The van der Waals surface area contributed by atoms with E-state index in [1.165, 1.54) is 0 Å². The Morgan fingerprint density at radius 3 is 2.46 bits per heavy atom. The van der Waals surface area contributed by atoms with E-state index in [4.69, 9.17) is 0 Å². The van der Waals surface area contributed by atoms with E-state index in [-0.39, 0.29) is 0 Å². The van der Waals surface area contributed by atoms with Gasteiger partial charge < -0.3 is 0 Å². The minimum atomic E-state index is -4.47. The van der Waals surface area contributed by atoms with Gasteiger partial charge in [0.25, 0.3) is 0 Å². The summed E-state index contributed by atoms with van der Waals surface area (Å²) in [7, 11) is -4.47. The summed E-state index contributed by atoms with van der Waals surface area (Å²) in [4.78, 5) is 0. The molecule has 6 heteroatoms. The summed E-state index contributed by atoms with van der Waals surface area (Å²) >= 11 is 6.30. The molecule has 0 saturated carbocycles. The highest BCUT2D eigenvalue weighted by molar-refractivity contribution is 9.11. The van der Waals surface area contributed by atoms with Crippen molar-refractivity contribution in [2.75, 3.05) is 0 Å². The van der Waals surface area contributed by atoms with Crippen molar-refractivity contribution in [3.05, 3.63) is 32.7 Å². The van der Waals surface area contributed by atoms with Gasteiger partial charge in [0, 0.05) is 8.95 Å². The fraction of sp³-hybridized carbons (Fsp3) is 0.143. The Bertz CT molecular complexity index is 417. The Morgan fingerprint density at radius 1 is 1.31 bits per heavy atom. The summed E-state index contributed by atoms with van der Waals surface area (Å²) < 4.78 is 34.3. The van der Waals surface area contributed by atoms with Crippen LogP contribution in [0.15, 0.2) is 27.1 Å². The highest BCUT2D eigenvalue weighted by Crippen LogP contribution is 2.23. The molecule has 0 spiro atoms. The fourth-order valence-electron chi connectivity index (χ4n) is 0.840. The maximum absolute atomic E-state index is 12.3. The Morgan fingerprint density at radius 2 is 1.92 bits per heavy atom. The largest absolute Gasteiger partial charge is 0.306 e. The van der Waals surface area contributed by atoms with Crippen LogP contribution in [0.2, 0.25) is 0 Å². The van der Waals surface area contributed by atoms with Gasteiger partial charge in [-0.05, 0) is 23.8 Å². The van der Waals surface area contributed by atoms with Crippen LogP contribution in [0.3, 0.4) is 0 Å². The van der Waals surface area contributed by atoms with Crippen LogP contribution in [0.25, 0.3) is 0 Å². The van der Waals surface area contributed by atoms with E-state index < -0.39 is 16.0 Å². The second-order valence-corrected chi connectivity index (χ2v) is 5.56. The smallest absolute Gasteiger partial charge is 0.194 e. The molecule has 0 bridgehead atoms. The first-order valence-electron chi connectivity index (χ1n) is 3.25. The third-order valence-corrected chi connectivity index (χ3v) is 3.26. The minimum Gasteiger partial charge on any atom is -0.194 e. The highest BCUT2D eigenvalue weighted by Gasteiger charge is 2.11. The van der Waals surface area contributed by atoms with Crippen LogP contribution in [-0.4, -0.2) is 8.42 Å². The molecule has 0 aliphatic rings. The van der Waals surface area contributed by atoms with Crippen molar-refractivity contribution in [3.63, 3.8) is 0 Å². The van der Waals surface area contributed by atoms with Crippen molar-refractivity contribution in [2.24, 2.45) is 0 Å². The molecule has 0 aromatic heterocycles. The van der Waals surface area contributed by atoms with Crippen molar-refractivity contribution in [1.82, 2.24) is 0 Å². The zero-order chi connectivity index (χ0) is 10.1. The number of benzene rings is 1. The molecule has 0 aliphatic heterocycles. The van der Waals surface area contributed by atoms with E-state index in [2.05, 4.69) is 31.9 Å². The van der Waals surface area contributed by atoms with Crippen molar-refractivity contribution < 1.29 is 12.3 Å². The first kappa shape index (κ1) is 11.1. The lowest BCUT2D eigenvalue weighted by Crippen LogP contribution is -1.97. The SMILES string of the molecule is O=S(=O)(F)Cc1cc(Br)ccc1Br. The minimum absolute atomic E-state index is 0.400. The molecule has 0 saturated heterocycles. The van der Waals surface area contributed by atoms with Gasteiger partial charge in [0.15, 0.2) is 0 Å². The molecule has 0 unspecified atom stereocenters. The highest BCUT2D eigenvalue weighted by atomic mass is 79.9. The van der Waals surface area contributed by atoms with Crippen LogP contribution in [-0.2, 0) is 16.0 Å². The van der Waals surface area contributed by atoms with E-state index in [1.54, 1.807) is 18.2 Å². The number of halogens is 3. The van der Waals surface area contributed by atoms with Gasteiger partial charge >= 0.3 is 10.2 Å². The van der Waals surface area contributed by atoms with Crippen molar-refractivity contribution in [3.8, 4) is 0 Å². The van der Waals surface area contributed by atoms with Crippen LogP contribution >= 0.6 is 31.9 Å². The summed E-state index contributed by atoms with van der Waals surface area (Å²) in [6.07, 6.45) is 0. The first-order valence-corrected chi connectivity index (χ1v) is 6.38. The average Bonchev–Trinajstić information content (AvgIpc) is 1.94. The second kappa shape index (κ2) is 4.06. The number of rotatable bonds is 2. The quantitative estimate of drug-likeness (QED) is 0.781. The van der Waals surface area contributed by atoms with E-state index in [1.807, 2.05) is 0 Å². The lowest BCUT2D eigenvalue weighted by molar-refractivity contribution is 0.551. The van der Waals surface area contributed by atoms with Gasteiger partial charge in [-0.15, -0.1) is 3.89 Å². The lowest BCUT2D eigenvalue weighted by atomic mass is 10.2. The predicted octanol–water partition coefficient (Wildman–Crippen LogP) is 3.01. The summed E-state index contributed by atoms with van der Waals surface area (Å²) in [6, 6.07) is 4.95. The molecule has 0 atom stereocenters. The Hall–Kier alpha value is 0.0600. The van der Waals surface area contributed by atoms with Crippen LogP contribution in [0.4, 0.5) is 3.89 Å². The number of hydrogen-bond donors (Lipinski definition) is 0. The molecule has 0 fully saturated rings. The molecule has 1 rings (SSSR count). The van der Waals surface area contributed by atoms with Gasteiger partial charge in [-0.2, -0.15) is 8.42 Å². The predicted molar refractivity (Wildman–Crippen MR) is 55.6 cm³/mol. The molecule has 0 amide bonds. The van der Waals surface area contributed by atoms with Crippen molar-refractivity contribution in [1.29, 1.82) is 0 Å². The second-order valence-electron chi connectivity index (χ2n) is 2.42. The van der Waals surface area contributed by atoms with Crippen LogP contribution in [0.5, 0.6) is 0 Å².